The topological polar surface area (TPSA) is 25.2 Å². The Kier molecular flexibility index (Phi) is 3.27. The van der Waals surface area contributed by atoms with Gasteiger partial charge in [0.05, 0.1) is 0 Å². The van der Waals surface area contributed by atoms with Gasteiger partial charge in [-0.2, -0.15) is 0 Å². The number of thiophene rings is 1. The Hall–Kier alpha value is -1.06. The summed E-state index contributed by atoms with van der Waals surface area (Å²) in [6, 6.07) is 12.8. The van der Waals surface area contributed by atoms with Crippen molar-refractivity contribution in [2.24, 2.45) is 7.05 Å². The van der Waals surface area contributed by atoms with E-state index in [1.807, 2.05) is 6.07 Å². The Bertz CT molecular complexity index is 665. The molecule has 0 aliphatic carbocycles. The number of nitrogens with zero attached hydrogens (tertiary/aromatic N) is 1. The van der Waals surface area contributed by atoms with Crippen molar-refractivity contribution >= 4 is 25.8 Å². The molecule has 0 bridgehead atoms. The molecule has 3 rings (SSSR count). The zero-order valence-corrected chi connectivity index (χ0v) is 12.5. The van der Waals surface area contributed by atoms with Crippen molar-refractivity contribution in [3.05, 3.63) is 47.5 Å². The Morgan fingerprint density at radius 3 is 2.67 bits per heavy atom. The van der Waals surface area contributed by atoms with E-state index < -0.39 is 0 Å². The Labute approximate surface area is 116 Å². The van der Waals surface area contributed by atoms with Crippen molar-refractivity contribution in [3.8, 4) is 19.4 Å². The van der Waals surface area contributed by atoms with E-state index in [4.69, 9.17) is 5.11 Å². The number of hydrogen-bond acceptors (Lipinski definition) is 2. The summed E-state index contributed by atoms with van der Waals surface area (Å²) in [4.78, 5) is 2.33. The second-order valence-corrected chi connectivity index (χ2v) is 7.53. The number of aromatic nitrogens is 1. The van der Waals surface area contributed by atoms with E-state index in [0.29, 0.717) is 14.5 Å². The molecule has 0 spiro atoms. The fourth-order valence-electron chi connectivity index (χ4n) is 1.92. The van der Waals surface area contributed by atoms with E-state index in [1.165, 1.54) is 19.4 Å². The van der Waals surface area contributed by atoms with Gasteiger partial charge in [-0.25, -0.2) is 0 Å². The van der Waals surface area contributed by atoms with Gasteiger partial charge in [-0.3, -0.25) is 0 Å². The van der Waals surface area contributed by atoms with Crippen molar-refractivity contribution in [2.45, 2.75) is 6.61 Å². The standard InChI is InChI=1S/C14H13NOSSe/c1-15-8-2-3-11(15)13-6-7-14(18-13)12-5-4-10(9-16)17-12/h2-8,16H,9H2,1H3. The van der Waals surface area contributed by atoms with Crippen molar-refractivity contribution in [2.75, 3.05) is 0 Å². The average Bonchev–Trinajstić information content (AvgIpc) is 3.07. The van der Waals surface area contributed by atoms with Crippen LogP contribution < -0.4 is 0 Å². The first-order chi connectivity index (χ1) is 8.78. The van der Waals surface area contributed by atoms with Crippen molar-refractivity contribution in [1.29, 1.82) is 0 Å². The van der Waals surface area contributed by atoms with Crippen LogP contribution in [0.25, 0.3) is 19.4 Å². The third-order valence-corrected chi connectivity index (χ3v) is 6.65. The fourth-order valence-corrected chi connectivity index (χ4v) is 5.27. The predicted octanol–water partition coefficient (Wildman–Crippen LogP) is 2.97. The third-order valence-electron chi connectivity index (χ3n) is 2.86. The van der Waals surface area contributed by atoms with Crippen LogP contribution in [0.2, 0.25) is 0 Å². The number of hydrogen-bond donors (Lipinski definition) is 1. The molecule has 0 aromatic carbocycles. The van der Waals surface area contributed by atoms with Gasteiger partial charge in [0, 0.05) is 0 Å². The van der Waals surface area contributed by atoms with Crippen LogP contribution >= 0.6 is 11.3 Å². The summed E-state index contributed by atoms with van der Waals surface area (Å²) < 4.78 is 4.99. The quantitative estimate of drug-likeness (QED) is 0.737. The van der Waals surface area contributed by atoms with Crippen molar-refractivity contribution in [1.82, 2.24) is 4.57 Å². The molecule has 0 saturated carbocycles. The van der Waals surface area contributed by atoms with E-state index in [0.717, 1.165) is 4.88 Å². The molecular formula is C14H13NOSSe. The molecule has 0 aliphatic rings. The van der Waals surface area contributed by atoms with Crippen LogP contribution in [0.5, 0.6) is 0 Å². The maximum absolute atomic E-state index is 9.11. The molecule has 3 heterocycles. The molecule has 3 aromatic rings. The molecule has 0 radical (unpaired) electrons. The fraction of sp³-hybridized carbons (Fsp3) is 0.143. The molecule has 4 heteroatoms. The number of aryl methyl sites for hydroxylation is 1. The van der Waals surface area contributed by atoms with Crippen LogP contribution in [0, 0.1) is 0 Å². The van der Waals surface area contributed by atoms with Crippen LogP contribution in [0.4, 0.5) is 0 Å². The molecule has 3 aromatic heterocycles. The average molecular weight is 322 g/mol. The second-order valence-electron chi connectivity index (χ2n) is 4.09. The molecular weight excluding hydrogens is 309 g/mol. The number of aliphatic hydroxyl groups is 1. The third kappa shape index (κ3) is 2.13. The van der Waals surface area contributed by atoms with Crippen LogP contribution in [0.3, 0.4) is 0 Å². The summed E-state index contributed by atoms with van der Waals surface area (Å²) >= 11 is 2.06. The van der Waals surface area contributed by atoms with E-state index in [1.54, 1.807) is 11.3 Å². The number of rotatable bonds is 3. The van der Waals surface area contributed by atoms with Crippen LogP contribution in [-0.2, 0) is 13.7 Å². The Morgan fingerprint density at radius 1 is 1.17 bits per heavy atom. The minimum atomic E-state index is 0.142. The summed E-state index contributed by atoms with van der Waals surface area (Å²) in [5.74, 6) is 0. The maximum atomic E-state index is 9.11. The molecule has 92 valence electrons. The van der Waals surface area contributed by atoms with Gasteiger partial charge in [-0.15, -0.1) is 0 Å². The van der Waals surface area contributed by atoms with Gasteiger partial charge in [-0.05, 0) is 0 Å². The molecule has 0 fully saturated rings. The molecule has 18 heavy (non-hydrogen) atoms. The van der Waals surface area contributed by atoms with Gasteiger partial charge >= 0.3 is 116 Å². The summed E-state index contributed by atoms with van der Waals surface area (Å²) in [6.45, 7) is 0.142. The summed E-state index contributed by atoms with van der Waals surface area (Å²) in [5.41, 5.74) is 1.31. The molecule has 0 aliphatic heterocycles. The van der Waals surface area contributed by atoms with Crippen molar-refractivity contribution < 1.29 is 5.11 Å². The molecule has 0 unspecified atom stereocenters. The summed E-state index contributed by atoms with van der Waals surface area (Å²) in [6.07, 6.45) is 2.08. The Balaban J connectivity index is 1.96. The second kappa shape index (κ2) is 4.90. The van der Waals surface area contributed by atoms with Crippen LogP contribution in [-0.4, -0.2) is 24.2 Å². The van der Waals surface area contributed by atoms with Gasteiger partial charge < -0.3 is 0 Å². The summed E-state index contributed by atoms with van der Waals surface area (Å²) in [5, 5.41) is 9.11. The van der Waals surface area contributed by atoms with Gasteiger partial charge in [-0.1, -0.05) is 0 Å². The van der Waals surface area contributed by atoms with Crippen LogP contribution in [0.1, 0.15) is 4.88 Å². The minimum absolute atomic E-state index is 0.142. The van der Waals surface area contributed by atoms with Gasteiger partial charge in [0.1, 0.15) is 0 Å². The first kappa shape index (κ1) is 12.0. The Morgan fingerprint density at radius 2 is 2.00 bits per heavy atom. The molecule has 0 saturated heterocycles. The first-order valence-electron chi connectivity index (χ1n) is 5.69. The van der Waals surface area contributed by atoms with Gasteiger partial charge in [0.15, 0.2) is 0 Å². The van der Waals surface area contributed by atoms with Crippen LogP contribution in [0.15, 0.2) is 42.6 Å². The zero-order chi connectivity index (χ0) is 12.5. The summed E-state index contributed by atoms with van der Waals surface area (Å²) in [7, 11) is 2.08. The van der Waals surface area contributed by atoms with Gasteiger partial charge in [0.25, 0.3) is 0 Å². The zero-order valence-electron chi connectivity index (χ0n) is 9.96. The normalized spacial score (nSPS) is 11.0. The van der Waals surface area contributed by atoms with Gasteiger partial charge in [0.2, 0.25) is 0 Å². The molecule has 1 N–H and O–H groups in total. The SMILES string of the molecule is Cn1cccc1-c1ccc(-c2ccc(CO)s2)[se]1. The van der Waals surface area contributed by atoms with E-state index in [9.17, 15) is 0 Å². The molecule has 2 nitrogen and oxygen atoms in total. The predicted molar refractivity (Wildman–Crippen MR) is 77.0 cm³/mol. The van der Waals surface area contributed by atoms with E-state index in [2.05, 4.69) is 48.1 Å². The molecule has 0 atom stereocenters. The van der Waals surface area contributed by atoms with E-state index >= 15 is 0 Å². The van der Waals surface area contributed by atoms with E-state index in [-0.39, 0.29) is 6.61 Å². The molecule has 0 amide bonds. The van der Waals surface area contributed by atoms with Crippen molar-refractivity contribution in [3.63, 3.8) is 0 Å². The number of aliphatic hydroxyl groups excluding tert-OH is 1. The first-order valence-corrected chi connectivity index (χ1v) is 8.22. The monoisotopic (exact) mass is 323 g/mol.